The predicted molar refractivity (Wildman–Crippen MR) is 81.8 cm³/mol. The summed E-state index contributed by atoms with van der Waals surface area (Å²) in [6, 6.07) is 14.4. The van der Waals surface area contributed by atoms with Gasteiger partial charge in [0.1, 0.15) is 17.1 Å². The van der Waals surface area contributed by atoms with Crippen LogP contribution in [-0.2, 0) is 0 Å². The average molecular weight is 299 g/mol. The minimum absolute atomic E-state index is 0.0215. The molecule has 104 valence electrons. The molecule has 0 saturated carbocycles. The summed E-state index contributed by atoms with van der Waals surface area (Å²) >= 11 is 5.83. The van der Waals surface area contributed by atoms with E-state index in [-0.39, 0.29) is 16.7 Å². The molecule has 0 saturated heterocycles. The molecule has 0 unspecified atom stereocenters. The molecule has 6 heteroatoms. The van der Waals surface area contributed by atoms with Crippen LogP contribution in [0.25, 0.3) is 22.5 Å². The summed E-state index contributed by atoms with van der Waals surface area (Å²) in [6.45, 7) is 0. The van der Waals surface area contributed by atoms with Gasteiger partial charge in [0.25, 0.3) is 0 Å². The molecule has 0 atom stereocenters. The van der Waals surface area contributed by atoms with Gasteiger partial charge in [-0.2, -0.15) is 0 Å². The van der Waals surface area contributed by atoms with Gasteiger partial charge in [0, 0.05) is 11.1 Å². The van der Waals surface area contributed by atoms with E-state index in [1.54, 1.807) is 12.1 Å². The summed E-state index contributed by atoms with van der Waals surface area (Å²) in [4.78, 5) is 4.26. The molecular formula is C15H11ClN4O. The summed E-state index contributed by atoms with van der Waals surface area (Å²) in [7, 11) is 0. The number of hydrogen-bond donors (Lipinski definition) is 2. The molecule has 3 rings (SSSR count). The Kier molecular flexibility index (Phi) is 3.41. The maximum atomic E-state index is 9.75. The van der Waals surface area contributed by atoms with Gasteiger partial charge in [0.05, 0.1) is 5.02 Å². The molecule has 1 heterocycles. The number of phenols is 1. The van der Waals surface area contributed by atoms with Crippen LogP contribution in [0, 0.1) is 0 Å². The third-order valence-electron chi connectivity index (χ3n) is 2.97. The van der Waals surface area contributed by atoms with Gasteiger partial charge in [-0.1, -0.05) is 48.0 Å². The van der Waals surface area contributed by atoms with Crippen LogP contribution < -0.4 is 5.73 Å². The first-order valence-corrected chi connectivity index (χ1v) is 6.57. The van der Waals surface area contributed by atoms with Gasteiger partial charge in [-0.25, -0.2) is 4.98 Å². The topological polar surface area (TPSA) is 84.9 Å². The number of hydrogen-bond acceptors (Lipinski definition) is 5. The number of anilines is 1. The number of aromatic nitrogens is 3. The number of nitrogens with two attached hydrogens (primary N) is 1. The third-order valence-corrected chi connectivity index (χ3v) is 3.29. The Morgan fingerprint density at radius 3 is 2.38 bits per heavy atom. The second-order valence-electron chi connectivity index (χ2n) is 4.40. The fraction of sp³-hybridized carbons (Fsp3) is 0. The lowest BCUT2D eigenvalue weighted by molar-refractivity contribution is 0.476. The standard InChI is InChI=1S/C15H11ClN4O/c16-11-7-6-10(8-12(11)21)14-13(18-15(17)20-19-14)9-4-2-1-3-5-9/h1-8,21H,(H2,17,18,20). The molecule has 1 aromatic heterocycles. The van der Waals surface area contributed by atoms with Crippen LogP contribution in [0.4, 0.5) is 5.95 Å². The Morgan fingerprint density at radius 1 is 0.905 bits per heavy atom. The number of halogens is 1. The first-order chi connectivity index (χ1) is 10.1. The summed E-state index contributed by atoms with van der Waals surface area (Å²) in [5, 5.41) is 17.9. The molecule has 0 aliphatic carbocycles. The molecule has 5 nitrogen and oxygen atoms in total. The Bertz CT molecular complexity index is 793. The number of phenolic OH excluding ortho intramolecular Hbond substituents is 1. The summed E-state index contributed by atoms with van der Waals surface area (Å²) in [5.74, 6) is 0.0718. The lowest BCUT2D eigenvalue weighted by Crippen LogP contribution is -2.02. The molecule has 0 aliphatic rings. The number of nitrogen functional groups attached to an aromatic ring is 1. The highest BCUT2D eigenvalue weighted by atomic mass is 35.5. The molecule has 3 aromatic rings. The van der Waals surface area contributed by atoms with Gasteiger partial charge in [0.2, 0.25) is 5.95 Å². The molecule has 0 aliphatic heterocycles. The first-order valence-electron chi connectivity index (χ1n) is 6.19. The fourth-order valence-corrected chi connectivity index (χ4v) is 2.11. The molecule has 0 fully saturated rings. The molecule has 0 spiro atoms. The van der Waals surface area contributed by atoms with Crippen molar-refractivity contribution in [2.45, 2.75) is 0 Å². The highest BCUT2D eigenvalue weighted by molar-refractivity contribution is 6.32. The second kappa shape index (κ2) is 5.38. The van der Waals surface area contributed by atoms with Crippen molar-refractivity contribution in [1.82, 2.24) is 15.2 Å². The lowest BCUT2D eigenvalue weighted by Gasteiger charge is -2.08. The molecule has 2 aromatic carbocycles. The zero-order chi connectivity index (χ0) is 14.8. The number of benzene rings is 2. The number of rotatable bonds is 2. The zero-order valence-electron chi connectivity index (χ0n) is 10.9. The van der Waals surface area contributed by atoms with Crippen LogP contribution in [-0.4, -0.2) is 20.3 Å². The van der Waals surface area contributed by atoms with Crippen molar-refractivity contribution >= 4 is 17.5 Å². The van der Waals surface area contributed by atoms with Crippen molar-refractivity contribution in [3.63, 3.8) is 0 Å². The van der Waals surface area contributed by atoms with Gasteiger partial charge in [0.15, 0.2) is 0 Å². The van der Waals surface area contributed by atoms with Crippen molar-refractivity contribution in [2.24, 2.45) is 0 Å². The lowest BCUT2D eigenvalue weighted by atomic mass is 10.0. The zero-order valence-corrected chi connectivity index (χ0v) is 11.6. The van der Waals surface area contributed by atoms with Crippen LogP contribution in [0.2, 0.25) is 5.02 Å². The van der Waals surface area contributed by atoms with Crippen LogP contribution in [0.3, 0.4) is 0 Å². The van der Waals surface area contributed by atoms with Crippen LogP contribution in [0.1, 0.15) is 0 Å². The maximum absolute atomic E-state index is 9.75. The van der Waals surface area contributed by atoms with Gasteiger partial charge >= 0.3 is 0 Å². The normalized spacial score (nSPS) is 10.5. The van der Waals surface area contributed by atoms with Gasteiger partial charge in [-0.05, 0) is 12.1 Å². The highest BCUT2D eigenvalue weighted by Crippen LogP contribution is 2.33. The second-order valence-corrected chi connectivity index (χ2v) is 4.81. The van der Waals surface area contributed by atoms with E-state index in [0.717, 1.165) is 5.56 Å². The van der Waals surface area contributed by atoms with Crippen molar-refractivity contribution < 1.29 is 5.11 Å². The van der Waals surface area contributed by atoms with E-state index in [0.29, 0.717) is 17.0 Å². The molecule has 21 heavy (non-hydrogen) atoms. The third kappa shape index (κ3) is 2.64. The van der Waals surface area contributed by atoms with E-state index in [4.69, 9.17) is 17.3 Å². The average Bonchev–Trinajstić information content (AvgIpc) is 2.51. The largest absolute Gasteiger partial charge is 0.506 e. The van der Waals surface area contributed by atoms with E-state index in [1.807, 2.05) is 30.3 Å². The van der Waals surface area contributed by atoms with E-state index < -0.39 is 0 Å². The van der Waals surface area contributed by atoms with Crippen LogP contribution in [0.5, 0.6) is 5.75 Å². The Balaban J connectivity index is 2.21. The first kappa shape index (κ1) is 13.3. The van der Waals surface area contributed by atoms with Gasteiger partial charge in [-0.3, -0.25) is 0 Å². The smallest absolute Gasteiger partial charge is 0.240 e. The minimum Gasteiger partial charge on any atom is -0.506 e. The monoisotopic (exact) mass is 298 g/mol. The number of aromatic hydroxyl groups is 1. The molecule has 3 N–H and O–H groups in total. The molecule has 0 bridgehead atoms. The van der Waals surface area contributed by atoms with Gasteiger partial charge < -0.3 is 10.8 Å². The molecular weight excluding hydrogens is 288 g/mol. The molecule has 0 radical (unpaired) electrons. The maximum Gasteiger partial charge on any atom is 0.240 e. The van der Waals surface area contributed by atoms with Crippen molar-refractivity contribution in [1.29, 1.82) is 0 Å². The van der Waals surface area contributed by atoms with Crippen LogP contribution >= 0.6 is 11.6 Å². The van der Waals surface area contributed by atoms with Crippen molar-refractivity contribution in [3.05, 3.63) is 53.6 Å². The SMILES string of the molecule is Nc1nnc(-c2ccc(Cl)c(O)c2)c(-c2ccccc2)n1. The summed E-state index contributed by atoms with van der Waals surface area (Å²) in [6.07, 6.45) is 0. The van der Waals surface area contributed by atoms with E-state index >= 15 is 0 Å². The highest BCUT2D eigenvalue weighted by Gasteiger charge is 2.13. The predicted octanol–water partition coefficient (Wildman–Crippen LogP) is 3.15. The van der Waals surface area contributed by atoms with E-state index in [9.17, 15) is 5.11 Å². The Labute approximate surface area is 126 Å². The minimum atomic E-state index is -0.0215. The molecule has 0 amide bonds. The summed E-state index contributed by atoms with van der Waals surface area (Å²) < 4.78 is 0. The van der Waals surface area contributed by atoms with E-state index in [1.165, 1.54) is 6.07 Å². The van der Waals surface area contributed by atoms with E-state index in [2.05, 4.69) is 15.2 Å². The van der Waals surface area contributed by atoms with Crippen molar-refractivity contribution in [2.75, 3.05) is 5.73 Å². The summed E-state index contributed by atoms with van der Waals surface area (Å²) in [5.41, 5.74) is 8.30. The van der Waals surface area contributed by atoms with Crippen molar-refractivity contribution in [3.8, 4) is 28.3 Å². The van der Waals surface area contributed by atoms with Gasteiger partial charge in [-0.15, -0.1) is 10.2 Å². The Morgan fingerprint density at radius 2 is 1.67 bits per heavy atom. The van der Waals surface area contributed by atoms with Crippen LogP contribution in [0.15, 0.2) is 48.5 Å². The fourth-order valence-electron chi connectivity index (χ4n) is 1.99. The Hall–Kier alpha value is -2.66. The number of nitrogens with zero attached hydrogens (tertiary/aromatic N) is 3. The quantitative estimate of drug-likeness (QED) is 0.759.